The molecule has 0 spiro atoms. The maximum absolute atomic E-state index is 2.69. The monoisotopic (exact) mass is 1660 g/mol. The van der Waals surface area contributed by atoms with Gasteiger partial charge in [0.2, 0.25) is 6.71 Å². The fraction of sp³-hybridized carbons (Fsp3) is 0.00826. The molecule has 0 fully saturated rings. The van der Waals surface area contributed by atoms with Crippen LogP contribution in [0.5, 0.6) is 0 Å². The van der Waals surface area contributed by atoms with Gasteiger partial charge >= 0.3 is 0 Å². The number of rotatable bonds is 17. The molecule has 0 atom stereocenters. The summed E-state index contributed by atoms with van der Waals surface area (Å²) in [6, 6.07) is 181. The zero-order valence-corrected chi connectivity index (χ0v) is 71.8. The minimum atomic E-state index is -0.305. The summed E-state index contributed by atoms with van der Waals surface area (Å²) in [5, 5.41) is 0. The minimum Gasteiger partial charge on any atom is -0.311 e. The Balaban J connectivity index is 0.822. The van der Waals surface area contributed by atoms with Gasteiger partial charge in [0.1, 0.15) is 0 Å². The lowest BCUT2D eigenvalue weighted by Gasteiger charge is -2.47. The van der Waals surface area contributed by atoms with Crippen molar-refractivity contribution in [2.75, 3.05) is 24.5 Å². The molecule has 604 valence electrons. The van der Waals surface area contributed by atoms with Gasteiger partial charge in [-0.2, -0.15) is 0 Å². The molecule has 0 N–H and O–H groups in total. The van der Waals surface area contributed by atoms with E-state index in [0.717, 1.165) is 180 Å². The molecule has 0 unspecified atom stereocenters. The molecular formula is C121H83B2N5S. The quantitative estimate of drug-likeness (QED) is 0.0839. The van der Waals surface area contributed by atoms with Gasteiger partial charge in [0.15, 0.2) is 0 Å². The molecule has 0 aromatic heterocycles. The van der Waals surface area contributed by atoms with Crippen LogP contribution in [0.1, 0.15) is 5.56 Å². The summed E-state index contributed by atoms with van der Waals surface area (Å²) < 4.78 is 0. The van der Waals surface area contributed by atoms with E-state index in [0.29, 0.717) is 0 Å². The molecule has 0 saturated carbocycles. The summed E-state index contributed by atoms with van der Waals surface area (Å²) in [5.74, 6) is 0. The molecule has 0 saturated heterocycles. The normalized spacial score (nSPS) is 12.4. The molecule has 0 aliphatic carbocycles. The van der Waals surface area contributed by atoms with Crippen LogP contribution in [0.2, 0.25) is 0 Å². The van der Waals surface area contributed by atoms with Gasteiger partial charge in [-0.3, -0.25) is 0 Å². The van der Waals surface area contributed by atoms with E-state index >= 15 is 0 Å². The number of aryl methyl sites for hydroxylation is 1. The zero-order chi connectivity index (χ0) is 85.4. The highest BCUT2D eigenvalue weighted by Gasteiger charge is 2.49. The van der Waals surface area contributed by atoms with Crippen LogP contribution in [0.3, 0.4) is 0 Å². The lowest BCUT2D eigenvalue weighted by Crippen LogP contribution is -2.64. The second-order valence-electron chi connectivity index (χ2n) is 33.7. The lowest BCUT2D eigenvalue weighted by molar-refractivity contribution is 1.21. The zero-order valence-electron chi connectivity index (χ0n) is 71.0. The summed E-state index contributed by atoms with van der Waals surface area (Å²) >= 11 is 1.91. The molecule has 8 heteroatoms. The molecule has 0 radical (unpaired) electrons. The summed E-state index contributed by atoms with van der Waals surface area (Å²) in [5.41, 5.74) is 42.7. The van der Waals surface area contributed by atoms with Crippen LogP contribution in [0.25, 0.3) is 89.0 Å². The molecular weight excluding hydrogens is 1580 g/mol. The highest BCUT2D eigenvalue weighted by Crippen LogP contribution is 2.58. The molecule has 129 heavy (non-hydrogen) atoms. The van der Waals surface area contributed by atoms with Crippen LogP contribution in [0, 0.1) is 6.92 Å². The SMILES string of the molecule is Cc1ccccc1N1c2cc3c(cc2B2c4ccccc4N(c4c(-c5ccccc5)cccc4-c4ccccc4)c4cc(N(c5ccccc5)c5c(-c6ccccc6)cccc5-c5ccccc5)cc1c42)B1c2ccccc2N(c2c(-c4ccccc4)cccc2-c2ccccc2)c2cc(N(c4ccccc4)c4c(-c5ccccc5)cccc4-c4ccccc4)cc(c21)S3. The lowest BCUT2D eigenvalue weighted by atomic mass is 9.31. The summed E-state index contributed by atoms with van der Waals surface area (Å²) in [7, 11) is 0. The number of anilines is 15. The average molecular weight is 1660 g/mol. The Labute approximate surface area is 758 Å². The van der Waals surface area contributed by atoms with Gasteiger partial charge in [-0.1, -0.05) is 430 Å². The first kappa shape index (κ1) is 76.5. The molecule has 0 amide bonds. The van der Waals surface area contributed by atoms with Crippen molar-refractivity contribution in [2.24, 2.45) is 0 Å². The summed E-state index contributed by atoms with van der Waals surface area (Å²) in [6.45, 7) is 1.73. The summed E-state index contributed by atoms with van der Waals surface area (Å²) in [4.78, 5) is 15.5. The smallest absolute Gasteiger partial charge is 0.252 e. The Kier molecular flexibility index (Phi) is 19.3. The Morgan fingerprint density at radius 2 is 0.481 bits per heavy atom. The van der Waals surface area contributed by atoms with Crippen molar-refractivity contribution in [1.29, 1.82) is 0 Å². The van der Waals surface area contributed by atoms with Gasteiger partial charge in [0, 0.05) is 111 Å². The predicted octanol–water partition coefficient (Wildman–Crippen LogP) is 29.1. The topological polar surface area (TPSA) is 16.2 Å². The Morgan fingerprint density at radius 1 is 0.194 bits per heavy atom. The van der Waals surface area contributed by atoms with Gasteiger partial charge in [-0.15, -0.1) is 0 Å². The number of hydrogen-bond donors (Lipinski definition) is 0. The highest BCUT2D eigenvalue weighted by atomic mass is 32.2. The number of benzene rings is 20. The molecule has 4 aliphatic heterocycles. The van der Waals surface area contributed by atoms with Gasteiger partial charge in [0.25, 0.3) is 6.71 Å². The van der Waals surface area contributed by atoms with E-state index in [-0.39, 0.29) is 13.4 Å². The number of para-hydroxylation sites is 9. The highest BCUT2D eigenvalue weighted by molar-refractivity contribution is 8.00. The number of hydrogen-bond acceptors (Lipinski definition) is 6. The van der Waals surface area contributed by atoms with Crippen LogP contribution < -0.4 is 57.3 Å². The van der Waals surface area contributed by atoms with Crippen LogP contribution in [-0.4, -0.2) is 13.4 Å². The standard InChI is InChI=1S/C121H83B2N5S/c1-82-42-32-35-73-107(82)126-110-81-114-106(123-104-72-34-37-75-109(104)128(121-101(89-55-24-8-25-56-89)69-41-70-102(121)90-57-26-9-27-58-90)113-78-94(79-115(129-114)117(113)123)125(92-61-30-11-31-62-92)119-97(85-47-16-4-17-48-85)65-39-66-98(119)86-49-18-5-19-50-86)80-105(110)122-103-71-33-36-74-108(103)127(120-99(87-51-20-6-21-52-87)67-40-68-100(120)88-53-22-7-23-54-88)112-77-93(76-111(126)116(112)122)124(91-59-28-10-29-60-91)118-95(83-43-12-2-13-44-83)63-38-64-96(118)84-45-14-3-15-46-84/h2-81H,1H3. The first-order valence-electron chi connectivity index (χ1n) is 44.5. The Hall–Kier alpha value is -16.1. The third kappa shape index (κ3) is 13.1. The second-order valence-corrected chi connectivity index (χ2v) is 34.8. The molecule has 4 aliphatic rings. The third-order valence-corrected chi connectivity index (χ3v) is 27.5. The minimum absolute atomic E-state index is 0.261. The Bertz CT molecular complexity index is 7430. The van der Waals surface area contributed by atoms with Crippen LogP contribution in [0.4, 0.5) is 85.3 Å². The van der Waals surface area contributed by atoms with E-state index in [9.17, 15) is 0 Å². The van der Waals surface area contributed by atoms with Crippen LogP contribution in [-0.2, 0) is 0 Å². The number of nitrogens with zero attached hydrogens (tertiary/aromatic N) is 5. The van der Waals surface area contributed by atoms with Crippen molar-refractivity contribution in [1.82, 2.24) is 0 Å². The first-order valence-corrected chi connectivity index (χ1v) is 45.3. The van der Waals surface area contributed by atoms with Gasteiger partial charge in [-0.05, 0) is 157 Å². The molecule has 5 nitrogen and oxygen atoms in total. The van der Waals surface area contributed by atoms with E-state index in [4.69, 9.17) is 0 Å². The van der Waals surface area contributed by atoms with E-state index in [1.165, 1.54) is 42.6 Å². The molecule has 4 heterocycles. The molecule has 20 aromatic carbocycles. The average Bonchev–Trinajstić information content (AvgIpc) is 1.46. The van der Waals surface area contributed by atoms with E-state index < -0.39 is 0 Å². The van der Waals surface area contributed by atoms with Crippen molar-refractivity contribution < 1.29 is 0 Å². The second kappa shape index (κ2) is 32.5. The van der Waals surface area contributed by atoms with Crippen molar-refractivity contribution in [3.8, 4) is 89.0 Å². The molecule has 24 rings (SSSR count). The van der Waals surface area contributed by atoms with E-state index in [1.54, 1.807) is 0 Å². The third-order valence-electron chi connectivity index (χ3n) is 26.4. The Morgan fingerprint density at radius 3 is 0.845 bits per heavy atom. The summed E-state index contributed by atoms with van der Waals surface area (Å²) in [6.07, 6.45) is 0. The van der Waals surface area contributed by atoms with Crippen LogP contribution >= 0.6 is 11.8 Å². The van der Waals surface area contributed by atoms with Crippen molar-refractivity contribution in [3.05, 3.63) is 491 Å². The fourth-order valence-electron chi connectivity index (χ4n) is 20.8. The first-order chi connectivity index (χ1) is 64.0. The maximum Gasteiger partial charge on any atom is 0.252 e. The van der Waals surface area contributed by atoms with Crippen molar-refractivity contribution >= 4 is 143 Å². The van der Waals surface area contributed by atoms with Gasteiger partial charge < -0.3 is 24.5 Å². The van der Waals surface area contributed by atoms with Crippen LogP contribution in [0.15, 0.2) is 495 Å². The maximum atomic E-state index is 2.69. The van der Waals surface area contributed by atoms with Gasteiger partial charge in [-0.25, -0.2) is 0 Å². The molecule has 0 bridgehead atoms. The molecule has 20 aromatic rings. The predicted molar refractivity (Wildman–Crippen MR) is 548 cm³/mol. The van der Waals surface area contributed by atoms with E-state index in [2.05, 4.69) is 517 Å². The van der Waals surface area contributed by atoms with E-state index in [1.807, 2.05) is 11.8 Å². The van der Waals surface area contributed by atoms with Crippen molar-refractivity contribution in [2.45, 2.75) is 16.7 Å². The number of fused-ring (bicyclic) bond motifs is 8. The van der Waals surface area contributed by atoms with Gasteiger partial charge in [0.05, 0.1) is 28.4 Å². The van der Waals surface area contributed by atoms with Crippen molar-refractivity contribution in [3.63, 3.8) is 0 Å². The fourth-order valence-corrected chi connectivity index (χ4v) is 22.0. The largest absolute Gasteiger partial charge is 0.311 e.